The van der Waals surface area contributed by atoms with Crippen LogP contribution in [0.3, 0.4) is 0 Å². The minimum absolute atomic E-state index is 0.180. The summed E-state index contributed by atoms with van der Waals surface area (Å²) in [7, 11) is 0. The third-order valence-electron chi connectivity index (χ3n) is 5.95. The molecule has 3 atom stereocenters. The number of rotatable bonds is 13. The van der Waals surface area contributed by atoms with Crippen LogP contribution in [0.25, 0.3) is 0 Å². The molecule has 0 fully saturated rings. The van der Waals surface area contributed by atoms with E-state index in [1.165, 1.54) is 0 Å². The van der Waals surface area contributed by atoms with E-state index in [4.69, 9.17) is 11.2 Å². The van der Waals surface area contributed by atoms with E-state index < -0.39 is 23.8 Å². The first kappa shape index (κ1) is 31.0. The van der Waals surface area contributed by atoms with Gasteiger partial charge in [0.15, 0.2) is 0 Å². The zero-order chi connectivity index (χ0) is 27.3. The van der Waals surface area contributed by atoms with Gasteiger partial charge in [0, 0.05) is 18.7 Å². The topological polar surface area (TPSA) is 87.7 Å². The largest absolute Gasteiger partial charge is 0.444 e. The highest BCUT2D eigenvalue weighted by Gasteiger charge is 2.38. The SMILES string of the molecule is C#Cc1ccccc1C(C(=O)NCCCCC)N(CCC)C(=O)C(NC(=O)OC(C)(C)C)C(C)CC. The van der Waals surface area contributed by atoms with Gasteiger partial charge in [-0.1, -0.05) is 71.1 Å². The molecule has 1 rings (SSSR count). The molecular formula is C29H45N3O4. The zero-order valence-electron chi connectivity index (χ0n) is 23.1. The quantitative estimate of drug-likeness (QED) is 0.289. The van der Waals surface area contributed by atoms with Gasteiger partial charge < -0.3 is 20.3 Å². The van der Waals surface area contributed by atoms with Crippen LogP contribution in [0.2, 0.25) is 0 Å². The van der Waals surface area contributed by atoms with Gasteiger partial charge in [0.1, 0.15) is 17.7 Å². The average Bonchev–Trinajstić information content (AvgIpc) is 2.83. The second-order valence-electron chi connectivity index (χ2n) is 10.2. The number of benzene rings is 1. The van der Waals surface area contributed by atoms with Gasteiger partial charge in [-0.3, -0.25) is 9.59 Å². The van der Waals surface area contributed by atoms with E-state index in [9.17, 15) is 14.4 Å². The van der Waals surface area contributed by atoms with E-state index in [2.05, 4.69) is 23.5 Å². The van der Waals surface area contributed by atoms with Crippen LogP contribution in [0, 0.1) is 18.3 Å². The molecule has 0 bridgehead atoms. The smallest absolute Gasteiger partial charge is 0.408 e. The van der Waals surface area contributed by atoms with Crippen LogP contribution in [-0.2, 0) is 14.3 Å². The van der Waals surface area contributed by atoms with Crippen molar-refractivity contribution in [3.63, 3.8) is 0 Å². The standard InChI is InChI=1S/C29H45N3O4/c1-9-13-16-19-30-26(33)25(23-18-15-14-17-22(23)12-4)32(20-10-2)27(34)24(21(5)11-3)31-28(35)36-29(6,7)8/h4,14-15,17-18,21,24-25H,9-11,13,16,19-20H2,1-3,5-8H3,(H,30,33)(H,31,35). The second kappa shape index (κ2) is 15.2. The number of ether oxygens (including phenoxy) is 1. The van der Waals surface area contributed by atoms with Gasteiger partial charge in [-0.2, -0.15) is 0 Å². The molecule has 36 heavy (non-hydrogen) atoms. The molecule has 1 aromatic carbocycles. The molecule has 2 N–H and O–H groups in total. The van der Waals surface area contributed by atoms with Gasteiger partial charge >= 0.3 is 6.09 Å². The van der Waals surface area contributed by atoms with Gasteiger partial charge in [0.2, 0.25) is 11.8 Å². The number of nitrogens with one attached hydrogen (secondary N) is 2. The van der Waals surface area contributed by atoms with Crippen molar-refractivity contribution >= 4 is 17.9 Å². The number of alkyl carbamates (subject to hydrolysis) is 1. The molecule has 3 amide bonds. The minimum atomic E-state index is -0.918. The van der Waals surface area contributed by atoms with Crippen LogP contribution in [0.15, 0.2) is 24.3 Å². The molecule has 0 aromatic heterocycles. The summed E-state index contributed by atoms with van der Waals surface area (Å²) in [6.07, 6.45) is 9.28. The summed E-state index contributed by atoms with van der Waals surface area (Å²) >= 11 is 0. The van der Waals surface area contributed by atoms with Crippen molar-refractivity contribution in [3.05, 3.63) is 35.4 Å². The summed E-state index contributed by atoms with van der Waals surface area (Å²) in [5, 5.41) is 5.77. The average molecular weight is 500 g/mol. The molecule has 1 aromatic rings. The van der Waals surface area contributed by atoms with Crippen molar-refractivity contribution in [1.82, 2.24) is 15.5 Å². The Bertz CT molecular complexity index is 901. The van der Waals surface area contributed by atoms with Crippen molar-refractivity contribution in [1.29, 1.82) is 0 Å². The summed E-state index contributed by atoms with van der Waals surface area (Å²) in [6, 6.07) is 5.41. The molecule has 0 radical (unpaired) electrons. The van der Waals surface area contributed by atoms with E-state index >= 15 is 0 Å². The molecular weight excluding hydrogens is 454 g/mol. The van der Waals surface area contributed by atoms with E-state index in [-0.39, 0.29) is 17.7 Å². The fourth-order valence-corrected chi connectivity index (χ4v) is 3.90. The summed E-state index contributed by atoms with van der Waals surface area (Å²) in [5.41, 5.74) is 0.443. The van der Waals surface area contributed by atoms with Crippen LogP contribution < -0.4 is 10.6 Å². The lowest BCUT2D eigenvalue weighted by molar-refractivity contribution is -0.143. The zero-order valence-corrected chi connectivity index (χ0v) is 23.1. The molecule has 0 saturated heterocycles. The van der Waals surface area contributed by atoms with Crippen LogP contribution in [0.4, 0.5) is 4.79 Å². The Hall–Kier alpha value is -3.01. The summed E-state index contributed by atoms with van der Waals surface area (Å²) in [6.45, 7) is 14.1. The first-order chi connectivity index (χ1) is 17.0. The summed E-state index contributed by atoms with van der Waals surface area (Å²) < 4.78 is 5.43. The molecule has 7 heteroatoms. The van der Waals surface area contributed by atoms with Crippen LogP contribution in [-0.4, -0.2) is 47.5 Å². The van der Waals surface area contributed by atoms with Crippen molar-refractivity contribution in [3.8, 4) is 12.3 Å². The van der Waals surface area contributed by atoms with Gasteiger partial charge in [-0.25, -0.2) is 4.79 Å². The van der Waals surface area contributed by atoms with Gasteiger partial charge in [0.05, 0.1) is 0 Å². The highest BCUT2D eigenvalue weighted by atomic mass is 16.6. The lowest BCUT2D eigenvalue weighted by Gasteiger charge is -2.36. The fourth-order valence-electron chi connectivity index (χ4n) is 3.90. The maximum atomic E-state index is 14.1. The predicted molar refractivity (Wildman–Crippen MR) is 144 cm³/mol. The molecule has 7 nitrogen and oxygen atoms in total. The van der Waals surface area contributed by atoms with Gasteiger partial charge in [-0.05, 0) is 51.2 Å². The Morgan fingerprint density at radius 1 is 1.08 bits per heavy atom. The second-order valence-corrected chi connectivity index (χ2v) is 10.2. The Kier molecular flexibility index (Phi) is 13.1. The Morgan fingerprint density at radius 2 is 1.75 bits per heavy atom. The number of nitrogens with zero attached hydrogens (tertiary/aromatic N) is 1. The molecule has 0 heterocycles. The van der Waals surface area contributed by atoms with E-state index in [1.54, 1.807) is 37.8 Å². The van der Waals surface area contributed by atoms with Crippen LogP contribution in [0.1, 0.15) is 97.7 Å². The molecule has 3 unspecified atom stereocenters. The lowest BCUT2D eigenvalue weighted by Crippen LogP contribution is -2.55. The molecule has 200 valence electrons. The summed E-state index contributed by atoms with van der Waals surface area (Å²) in [5.74, 6) is 1.86. The number of terminal acetylenes is 1. The maximum absolute atomic E-state index is 14.1. The summed E-state index contributed by atoms with van der Waals surface area (Å²) in [4.78, 5) is 41.8. The number of carbonyl (C=O) groups excluding carboxylic acids is 3. The van der Waals surface area contributed by atoms with E-state index in [0.717, 1.165) is 19.3 Å². The third-order valence-corrected chi connectivity index (χ3v) is 5.95. The number of hydrogen-bond acceptors (Lipinski definition) is 4. The van der Waals surface area contributed by atoms with Crippen molar-refractivity contribution < 1.29 is 19.1 Å². The van der Waals surface area contributed by atoms with Crippen LogP contribution in [0.5, 0.6) is 0 Å². The molecule has 0 saturated carbocycles. The van der Waals surface area contributed by atoms with Crippen molar-refractivity contribution in [2.24, 2.45) is 5.92 Å². The Labute approximate surface area is 217 Å². The first-order valence-electron chi connectivity index (χ1n) is 13.1. The number of hydrogen-bond donors (Lipinski definition) is 2. The number of unbranched alkanes of at least 4 members (excludes halogenated alkanes) is 2. The predicted octanol–water partition coefficient (Wildman–Crippen LogP) is 5.19. The molecule has 0 aliphatic rings. The minimum Gasteiger partial charge on any atom is -0.444 e. The Morgan fingerprint density at radius 3 is 2.31 bits per heavy atom. The van der Waals surface area contributed by atoms with Crippen molar-refractivity contribution in [2.45, 2.75) is 98.3 Å². The van der Waals surface area contributed by atoms with Gasteiger partial charge in [0.25, 0.3) is 0 Å². The number of carbonyl (C=O) groups is 3. The number of amides is 3. The highest BCUT2D eigenvalue weighted by molar-refractivity contribution is 5.92. The molecule has 0 spiro atoms. The fraction of sp³-hybridized carbons (Fsp3) is 0.621. The highest BCUT2D eigenvalue weighted by Crippen LogP contribution is 2.27. The van der Waals surface area contributed by atoms with Crippen molar-refractivity contribution in [2.75, 3.05) is 13.1 Å². The normalized spacial score (nSPS) is 13.6. The molecule has 0 aliphatic heterocycles. The monoisotopic (exact) mass is 499 g/mol. The van der Waals surface area contributed by atoms with Gasteiger partial charge in [-0.15, -0.1) is 6.42 Å². The molecule has 0 aliphatic carbocycles. The maximum Gasteiger partial charge on any atom is 0.408 e. The van der Waals surface area contributed by atoms with E-state index in [1.807, 2.05) is 32.9 Å². The van der Waals surface area contributed by atoms with Crippen LogP contribution >= 0.6 is 0 Å². The lowest BCUT2D eigenvalue weighted by atomic mass is 9.94. The van der Waals surface area contributed by atoms with E-state index in [0.29, 0.717) is 37.1 Å². The third kappa shape index (κ3) is 9.56. The first-order valence-corrected chi connectivity index (χ1v) is 13.1. The Balaban J connectivity index is 3.47.